The van der Waals surface area contributed by atoms with E-state index in [2.05, 4.69) is 29.0 Å². The van der Waals surface area contributed by atoms with Crippen molar-refractivity contribution in [3.8, 4) is 0 Å². The number of likely N-dealkylation sites (N-methyl/N-ethyl adjacent to an activating group) is 1. The highest BCUT2D eigenvalue weighted by Crippen LogP contribution is 2.35. The van der Waals surface area contributed by atoms with Crippen LogP contribution in [0.15, 0.2) is 16.0 Å². The van der Waals surface area contributed by atoms with Gasteiger partial charge in [-0.2, -0.15) is 4.31 Å². The number of hydrogen-bond acceptors (Lipinski definition) is 7. The Balaban J connectivity index is 1.88. The number of hydrogen-bond donors (Lipinski definition) is 1. The van der Waals surface area contributed by atoms with Crippen LogP contribution in [0.2, 0.25) is 0 Å². The number of rotatable bonds is 9. The lowest BCUT2D eigenvalue weighted by molar-refractivity contribution is -0.121. The number of thiophene rings is 1. The molecule has 1 amide bonds. The van der Waals surface area contributed by atoms with E-state index < -0.39 is 15.6 Å². The molecule has 2 aromatic heterocycles. The van der Waals surface area contributed by atoms with E-state index in [0.717, 1.165) is 26.1 Å². The number of nitrogens with one attached hydrogen (secondary N) is 1. The van der Waals surface area contributed by atoms with Crippen molar-refractivity contribution in [2.45, 2.75) is 52.5 Å². The van der Waals surface area contributed by atoms with Gasteiger partial charge < -0.3 is 10.2 Å². The molecule has 2 atom stereocenters. The average molecular weight is 498 g/mol. The monoisotopic (exact) mass is 497 g/mol. The molecular formula is C22H35N5O4S2. The van der Waals surface area contributed by atoms with Crippen molar-refractivity contribution in [2.75, 3.05) is 39.3 Å². The Bertz CT molecular complexity index is 1140. The van der Waals surface area contributed by atoms with E-state index in [4.69, 9.17) is 0 Å². The summed E-state index contributed by atoms with van der Waals surface area (Å²) in [5, 5.41) is 2.91. The third kappa shape index (κ3) is 5.64. The molecule has 0 bridgehead atoms. The first-order valence-electron chi connectivity index (χ1n) is 11.6. The molecule has 0 radical (unpaired) electrons. The molecule has 184 valence electrons. The van der Waals surface area contributed by atoms with Gasteiger partial charge in [0.05, 0.1) is 11.7 Å². The van der Waals surface area contributed by atoms with Crippen LogP contribution < -0.4 is 10.9 Å². The summed E-state index contributed by atoms with van der Waals surface area (Å²) in [5.41, 5.74) is -0.500. The quantitative estimate of drug-likeness (QED) is 0.567. The van der Waals surface area contributed by atoms with Crippen LogP contribution in [0.25, 0.3) is 10.2 Å². The van der Waals surface area contributed by atoms with Crippen LogP contribution in [0.3, 0.4) is 0 Å². The van der Waals surface area contributed by atoms with Crippen LogP contribution in [0.5, 0.6) is 0 Å². The smallest absolute Gasteiger partial charge is 0.263 e. The van der Waals surface area contributed by atoms with Crippen molar-refractivity contribution < 1.29 is 13.2 Å². The van der Waals surface area contributed by atoms with Crippen LogP contribution in [0, 0.1) is 18.8 Å². The molecule has 33 heavy (non-hydrogen) atoms. The fraction of sp³-hybridized carbons (Fsp3) is 0.682. The van der Waals surface area contributed by atoms with E-state index in [-0.39, 0.29) is 34.6 Å². The molecule has 1 aliphatic rings. The zero-order valence-corrected chi connectivity index (χ0v) is 21.8. The largest absolute Gasteiger partial charge is 0.353 e. The topological polar surface area (TPSA) is 105 Å². The number of amides is 1. The summed E-state index contributed by atoms with van der Waals surface area (Å²) in [4.78, 5) is 33.2. The van der Waals surface area contributed by atoms with E-state index in [1.807, 2.05) is 13.8 Å². The van der Waals surface area contributed by atoms with Crippen molar-refractivity contribution in [3.05, 3.63) is 21.6 Å². The van der Waals surface area contributed by atoms with E-state index in [0.29, 0.717) is 29.3 Å². The highest BCUT2D eigenvalue weighted by Gasteiger charge is 2.35. The molecule has 0 aliphatic carbocycles. The molecule has 1 saturated heterocycles. The van der Waals surface area contributed by atoms with Gasteiger partial charge in [-0.15, -0.1) is 11.3 Å². The van der Waals surface area contributed by atoms with Crippen molar-refractivity contribution in [1.29, 1.82) is 0 Å². The van der Waals surface area contributed by atoms with Crippen LogP contribution in [-0.2, 0) is 21.4 Å². The van der Waals surface area contributed by atoms with Crippen LogP contribution in [0.1, 0.15) is 39.0 Å². The molecule has 0 aromatic carbocycles. The van der Waals surface area contributed by atoms with Gasteiger partial charge >= 0.3 is 0 Å². The van der Waals surface area contributed by atoms with Crippen LogP contribution >= 0.6 is 11.3 Å². The van der Waals surface area contributed by atoms with Crippen LogP contribution in [-0.4, -0.2) is 72.3 Å². The zero-order valence-electron chi connectivity index (χ0n) is 20.1. The molecule has 11 heteroatoms. The second kappa shape index (κ2) is 10.6. The van der Waals surface area contributed by atoms with E-state index in [1.54, 1.807) is 6.92 Å². The van der Waals surface area contributed by atoms with E-state index >= 15 is 0 Å². The third-order valence-corrected chi connectivity index (χ3v) is 9.34. The van der Waals surface area contributed by atoms with Gasteiger partial charge in [0.15, 0.2) is 0 Å². The minimum atomic E-state index is -3.85. The molecule has 1 N–H and O–H groups in total. The predicted octanol–water partition coefficient (Wildman–Crippen LogP) is 1.89. The maximum absolute atomic E-state index is 13.6. The second-order valence-corrected chi connectivity index (χ2v) is 12.1. The minimum Gasteiger partial charge on any atom is -0.353 e. The van der Waals surface area contributed by atoms with Gasteiger partial charge in [-0.1, -0.05) is 27.7 Å². The van der Waals surface area contributed by atoms with Gasteiger partial charge in [-0.05, 0) is 38.3 Å². The number of aryl methyl sites for hydroxylation is 1. The predicted molar refractivity (Wildman–Crippen MR) is 131 cm³/mol. The molecular weight excluding hydrogens is 462 g/mol. The Labute approximate surface area is 199 Å². The van der Waals surface area contributed by atoms with Gasteiger partial charge in [0.1, 0.15) is 16.3 Å². The van der Waals surface area contributed by atoms with Gasteiger partial charge in [0.2, 0.25) is 15.9 Å². The number of aromatic nitrogens is 2. The molecule has 1 aliphatic heterocycles. The lowest BCUT2D eigenvalue weighted by atomic mass is 9.94. The number of fused-ring (bicyclic) bond motifs is 1. The molecule has 0 saturated carbocycles. The number of piperidine rings is 1. The molecule has 1 fully saturated rings. The van der Waals surface area contributed by atoms with Crippen molar-refractivity contribution >= 4 is 37.5 Å². The second-order valence-electron chi connectivity index (χ2n) is 8.99. The van der Waals surface area contributed by atoms with Gasteiger partial charge in [-0.3, -0.25) is 14.2 Å². The normalized spacial score (nSPS) is 19.9. The Hall–Kier alpha value is -1.82. The van der Waals surface area contributed by atoms with Crippen LogP contribution in [0.4, 0.5) is 0 Å². The molecule has 3 heterocycles. The van der Waals surface area contributed by atoms with E-state index in [1.165, 1.54) is 26.5 Å². The molecule has 2 aromatic rings. The first-order valence-corrected chi connectivity index (χ1v) is 13.8. The highest BCUT2D eigenvalue weighted by molar-refractivity contribution is 7.89. The Kier molecular flexibility index (Phi) is 8.31. The average Bonchev–Trinajstić information content (AvgIpc) is 3.10. The standard InChI is InChI=1S/C22H35N5O4S2/c1-6-25(7-2)9-8-23-18(28)13-26-14-24-21-19(22(26)29)20(17(5)32-21)33(30,31)27-11-15(3)10-16(4)12-27/h14-16H,6-13H2,1-5H3,(H,23,28)/t15-,16-/m0/s1. The number of nitrogens with zero attached hydrogens (tertiary/aromatic N) is 4. The maximum atomic E-state index is 13.6. The van der Waals surface area contributed by atoms with Gasteiger partial charge in [-0.25, -0.2) is 13.4 Å². The summed E-state index contributed by atoms with van der Waals surface area (Å²) >= 11 is 1.20. The highest BCUT2D eigenvalue weighted by atomic mass is 32.2. The summed E-state index contributed by atoms with van der Waals surface area (Å²) in [5.74, 6) is 0.201. The Morgan fingerprint density at radius 3 is 2.48 bits per heavy atom. The molecule has 3 rings (SSSR count). The fourth-order valence-electron chi connectivity index (χ4n) is 4.57. The summed E-state index contributed by atoms with van der Waals surface area (Å²) in [6.45, 7) is 13.6. The first-order chi connectivity index (χ1) is 15.6. The van der Waals surface area contributed by atoms with Crippen molar-refractivity contribution in [3.63, 3.8) is 0 Å². The molecule has 0 spiro atoms. The summed E-state index contributed by atoms with van der Waals surface area (Å²) in [6, 6.07) is 0. The summed E-state index contributed by atoms with van der Waals surface area (Å²) in [7, 11) is -3.85. The van der Waals surface area contributed by atoms with Gasteiger partial charge in [0.25, 0.3) is 5.56 Å². The summed E-state index contributed by atoms with van der Waals surface area (Å²) < 4.78 is 29.9. The minimum absolute atomic E-state index is 0.0394. The SMILES string of the molecule is CCN(CC)CCNC(=O)Cn1cnc2sc(C)c(S(=O)(=O)N3C[C@@H](C)C[C@H](C)C3)c2c1=O. The Morgan fingerprint density at radius 2 is 1.88 bits per heavy atom. The molecule has 9 nitrogen and oxygen atoms in total. The number of carbonyl (C=O) groups is 1. The van der Waals surface area contributed by atoms with Crippen molar-refractivity contribution in [2.24, 2.45) is 11.8 Å². The maximum Gasteiger partial charge on any atom is 0.263 e. The lowest BCUT2D eigenvalue weighted by Gasteiger charge is -2.34. The number of sulfonamides is 1. The molecule has 0 unspecified atom stereocenters. The zero-order chi connectivity index (χ0) is 24.3. The first kappa shape index (κ1) is 25.8. The third-order valence-electron chi connectivity index (χ3n) is 6.19. The lowest BCUT2D eigenvalue weighted by Crippen LogP contribution is -2.43. The Morgan fingerprint density at radius 1 is 1.24 bits per heavy atom. The van der Waals surface area contributed by atoms with Crippen molar-refractivity contribution in [1.82, 2.24) is 24.1 Å². The summed E-state index contributed by atoms with van der Waals surface area (Å²) in [6.07, 6.45) is 2.30. The van der Waals surface area contributed by atoms with Gasteiger partial charge in [0, 0.05) is 31.1 Å². The number of carbonyl (C=O) groups excluding carboxylic acids is 1. The fourth-order valence-corrected chi connectivity index (χ4v) is 7.92. The van der Waals surface area contributed by atoms with E-state index in [9.17, 15) is 18.0 Å².